The summed E-state index contributed by atoms with van der Waals surface area (Å²) in [5, 5.41) is 8.90. The van der Waals surface area contributed by atoms with E-state index in [9.17, 15) is 8.42 Å². The van der Waals surface area contributed by atoms with Gasteiger partial charge in [-0.1, -0.05) is 30.4 Å². The first-order chi connectivity index (χ1) is 9.77. The molecule has 5 nitrogen and oxygen atoms in total. The molecule has 0 atom stereocenters. The third-order valence-corrected chi connectivity index (χ3v) is 5.28. The van der Waals surface area contributed by atoms with Crippen LogP contribution in [0.15, 0.2) is 24.3 Å². The van der Waals surface area contributed by atoms with Gasteiger partial charge in [-0.3, -0.25) is 0 Å². The van der Waals surface area contributed by atoms with Gasteiger partial charge in [0.05, 0.1) is 5.75 Å². The summed E-state index contributed by atoms with van der Waals surface area (Å²) in [5.74, 6) is -0.104. The molecule has 0 fully saturated rings. The van der Waals surface area contributed by atoms with Gasteiger partial charge in [-0.05, 0) is 31.9 Å². The van der Waals surface area contributed by atoms with E-state index in [1.54, 1.807) is 24.3 Å². The molecule has 0 spiro atoms. The van der Waals surface area contributed by atoms with Gasteiger partial charge in [0, 0.05) is 24.8 Å². The minimum Gasteiger partial charge on any atom is -0.396 e. The third-order valence-electron chi connectivity index (χ3n) is 3.03. The van der Waals surface area contributed by atoms with Crippen LogP contribution in [0.4, 0.5) is 0 Å². The van der Waals surface area contributed by atoms with Crippen molar-refractivity contribution in [3.05, 3.63) is 35.4 Å². The van der Waals surface area contributed by atoms with E-state index in [-0.39, 0.29) is 23.4 Å². The van der Waals surface area contributed by atoms with Crippen molar-refractivity contribution in [1.29, 1.82) is 0 Å². The van der Waals surface area contributed by atoms with E-state index >= 15 is 0 Å². The molecule has 1 aromatic carbocycles. The second-order valence-electron chi connectivity index (χ2n) is 5.10. The number of rotatable bonds is 8. The predicted octanol–water partition coefficient (Wildman–Crippen LogP) is 1.24. The molecular weight excluding hydrogens is 308 g/mol. The number of sulfonamides is 1. The van der Waals surface area contributed by atoms with Crippen LogP contribution in [0.1, 0.15) is 31.4 Å². The molecule has 0 heterocycles. The standard InChI is InChI=1S/C14H22N2O3S2/c1-11(2)16(7-4-8-17)21(18,19)10-12-5-3-6-13(9-12)14(15)20/h3,5-6,9,11,17H,4,7-8,10H2,1-2H3,(H2,15,20). The zero-order valence-corrected chi connectivity index (χ0v) is 14.0. The number of benzene rings is 1. The number of aliphatic hydroxyl groups is 1. The second kappa shape index (κ2) is 7.84. The van der Waals surface area contributed by atoms with Crippen LogP contribution in [0.3, 0.4) is 0 Å². The highest BCUT2D eigenvalue weighted by Crippen LogP contribution is 2.15. The van der Waals surface area contributed by atoms with Crippen molar-refractivity contribution in [3.8, 4) is 0 Å². The van der Waals surface area contributed by atoms with Crippen molar-refractivity contribution in [2.75, 3.05) is 13.2 Å². The Labute approximate surface area is 131 Å². The molecule has 0 radical (unpaired) electrons. The molecule has 3 N–H and O–H groups in total. The highest BCUT2D eigenvalue weighted by Gasteiger charge is 2.24. The molecule has 0 aliphatic rings. The van der Waals surface area contributed by atoms with Crippen molar-refractivity contribution in [2.45, 2.75) is 32.1 Å². The molecule has 0 aliphatic heterocycles. The average Bonchev–Trinajstić information content (AvgIpc) is 2.38. The van der Waals surface area contributed by atoms with Gasteiger partial charge in [-0.15, -0.1) is 0 Å². The van der Waals surface area contributed by atoms with E-state index in [0.29, 0.717) is 24.1 Å². The molecule has 0 bridgehead atoms. The Kier molecular flexibility index (Phi) is 6.73. The molecule has 0 aromatic heterocycles. The maximum atomic E-state index is 12.5. The monoisotopic (exact) mass is 330 g/mol. The Morgan fingerprint density at radius 3 is 2.62 bits per heavy atom. The van der Waals surface area contributed by atoms with Gasteiger partial charge in [0.1, 0.15) is 4.99 Å². The van der Waals surface area contributed by atoms with Gasteiger partial charge in [0.2, 0.25) is 10.0 Å². The summed E-state index contributed by atoms with van der Waals surface area (Å²) in [6, 6.07) is 6.78. The Balaban J connectivity index is 2.97. The Bertz CT molecular complexity index is 586. The lowest BCUT2D eigenvalue weighted by Gasteiger charge is -2.25. The fourth-order valence-corrected chi connectivity index (χ4v) is 4.00. The van der Waals surface area contributed by atoms with Gasteiger partial charge in [0.15, 0.2) is 0 Å². The number of nitrogens with two attached hydrogens (primary N) is 1. The summed E-state index contributed by atoms with van der Waals surface area (Å²) < 4.78 is 26.4. The van der Waals surface area contributed by atoms with E-state index in [2.05, 4.69) is 0 Å². The average molecular weight is 330 g/mol. The quantitative estimate of drug-likeness (QED) is 0.701. The van der Waals surface area contributed by atoms with Crippen molar-refractivity contribution >= 4 is 27.2 Å². The lowest BCUT2D eigenvalue weighted by Crippen LogP contribution is -2.38. The molecule has 7 heteroatoms. The molecule has 0 amide bonds. The van der Waals surface area contributed by atoms with Gasteiger partial charge >= 0.3 is 0 Å². The summed E-state index contributed by atoms with van der Waals surface area (Å²) in [6.07, 6.45) is 0.421. The Morgan fingerprint density at radius 1 is 1.43 bits per heavy atom. The smallest absolute Gasteiger partial charge is 0.218 e. The fraction of sp³-hybridized carbons (Fsp3) is 0.500. The van der Waals surface area contributed by atoms with E-state index in [0.717, 1.165) is 0 Å². The van der Waals surface area contributed by atoms with E-state index in [1.165, 1.54) is 4.31 Å². The highest BCUT2D eigenvalue weighted by molar-refractivity contribution is 7.88. The minimum atomic E-state index is -3.45. The maximum Gasteiger partial charge on any atom is 0.218 e. The molecule has 0 saturated carbocycles. The molecule has 21 heavy (non-hydrogen) atoms. The van der Waals surface area contributed by atoms with Gasteiger partial charge in [0.25, 0.3) is 0 Å². The van der Waals surface area contributed by atoms with Crippen LogP contribution in [0.5, 0.6) is 0 Å². The predicted molar refractivity (Wildman–Crippen MR) is 88.5 cm³/mol. The lowest BCUT2D eigenvalue weighted by molar-refractivity contribution is 0.258. The summed E-state index contributed by atoms with van der Waals surface area (Å²) in [6.45, 7) is 3.92. The molecule has 118 valence electrons. The molecule has 0 unspecified atom stereocenters. The van der Waals surface area contributed by atoms with E-state index in [4.69, 9.17) is 23.1 Å². The first kappa shape index (κ1) is 18.0. The lowest BCUT2D eigenvalue weighted by atomic mass is 10.1. The van der Waals surface area contributed by atoms with Gasteiger partial charge in [-0.2, -0.15) is 4.31 Å². The molecule has 1 aromatic rings. The van der Waals surface area contributed by atoms with Crippen LogP contribution in [0, 0.1) is 0 Å². The summed E-state index contributed by atoms with van der Waals surface area (Å²) >= 11 is 4.90. The van der Waals surface area contributed by atoms with E-state index < -0.39 is 10.0 Å². The SMILES string of the molecule is CC(C)N(CCCO)S(=O)(=O)Cc1cccc(C(N)=S)c1. The van der Waals surface area contributed by atoms with Crippen LogP contribution in [-0.2, 0) is 15.8 Å². The first-order valence-corrected chi connectivity index (χ1v) is 8.79. The summed E-state index contributed by atoms with van der Waals surface area (Å²) in [5.41, 5.74) is 6.87. The fourth-order valence-electron chi connectivity index (χ4n) is 2.05. The van der Waals surface area contributed by atoms with Gasteiger partial charge in [-0.25, -0.2) is 8.42 Å². The maximum absolute atomic E-state index is 12.5. The second-order valence-corrected chi connectivity index (χ2v) is 7.46. The third kappa shape index (κ3) is 5.35. The van der Waals surface area contributed by atoms with Crippen molar-refractivity contribution in [1.82, 2.24) is 4.31 Å². The molecule has 1 rings (SSSR count). The largest absolute Gasteiger partial charge is 0.396 e. The van der Waals surface area contributed by atoms with Crippen LogP contribution in [0.25, 0.3) is 0 Å². The highest BCUT2D eigenvalue weighted by atomic mass is 32.2. The molecular formula is C14H22N2O3S2. The van der Waals surface area contributed by atoms with Crippen molar-refractivity contribution in [3.63, 3.8) is 0 Å². The zero-order chi connectivity index (χ0) is 16.0. The van der Waals surface area contributed by atoms with E-state index in [1.807, 2.05) is 13.8 Å². The number of aliphatic hydroxyl groups excluding tert-OH is 1. The summed E-state index contributed by atoms with van der Waals surface area (Å²) in [7, 11) is -3.45. The first-order valence-electron chi connectivity index (χ1n) is 6.77. The number of hydrogen-bond donors (Lipinski definition) is 2. The number of hydrogen-bond acceptors (Lipinski definition) is 4. The minimum absolute atomic E-state index is 0.0321. The van der Waals surface area contributed by atoms with Crippen molar-refractivity contribution in [2.24, 2.45) is 5.73 Å². The van der Waals surface area contributed by atoms with Crippen LogP contribution in [0.2, 0.25) is 0 Å². The normalized spacial score (nSPS) is 12.0. The zero-order valence-electron chi connectivity index (χ0n) is 12.3. The number of thiocarbonyl (C=S) groups is 1. The van der Waals surface area contributed by atoms with Crippen LogP contribution in [-0.4, -0.2) is 42.0 Å². The van der Waals surface area contributed by atoms with Crippen LogP contribution >= 0.6 is 12.2 Å². The number of nitrogens with zero attached hydrogens (tertiary/aromatic N) is 1. The van der Waals surface area contributed by atoms with Crippen LogP contribution < -0.4 is 5.73 Å². The van der Waals surface area contributed by atoms with Gasteiger partial charge < -0.3 is 10.8 Å². The molecule has 0 aliphatic carbocycles. The topological polar surface area (TPSA) is 83.6 Å². The molecule has 0 saturated heterocycles. The van der Waals surface area contributed by atoms with Crippen molar-refractivity contribution < 1.29 is 13.5 Å². The Hall–Kier alpha value is -1.02. The summed E-state index contributed by atoms with van der Waals surface area (Å²) in [4.78, 5) is 0.246. The Morgan fingerprint density at radius 2 is 2.10 bits per heavy atom.